The van der Waals surface area contributed by atoms with Crippen molar-refractivity contribution in [2.45, 2.75) is 43.4 Å². The van der Waals surface area contributed by atoms with Gasteiger partial charge in [0, 0.05) is 18.8 Å². The number of nitrogens with zero attached hydrogens (tertiary/aromatic N) is 1. The number of carboxylic acids is 1. The van der Waals surface area contributed by atoms with Crippen molar-refractivity contribution in [2.24, 2.45) is 11.8 Å². The number of carboxylic acid groups (broad SMARTS) is 1. The van der Waals surface area contributed by atoms with Crippen LogP contribution in [-0.2, 0) is 19.6 Å². The second kappa shape index (κ2) is 7.75. The standard InChI is InChI=1S/C18H24N2O5S/c21-17(15-5-1-2-6-16(15)18(22)23)19-13-7-9-14(10-8-13)26(24,25)20-11-3-4-12-20/h7-10,15-16H,1-6,11-12H2,(H,19,21)(H,22,23)/t15-,16-/m1/s1. The number of aliphatic carboxylic acids is 1. The molecule has 0 spiro atoms. The number of nitrogens with one attached hydrogen (secondary N) is 1. The summed E-state index contributed by atoms with van der Waals surface area (Å²) < 4.78 is 26.5. The zero-order valence-electron chi connectivity index (χ0n) is 14.6. The van der Waals surface area contributed by atoms with Gasteiger partial charge in [-0.1, -0.05) is 12.8 Å². The third-order valence-electron chi connectivity index (χ3n) is 5.24. The lowest BCUT2D eigenvalue weighted by molar-refractivity contribution is -0.147. The summed E-state index contributed by atoms with van der Waals surface area (Å²) in [4.78, 5) is 24.0. The first kappa shape index (κ1) is 18.8. The summed E-state index contributed by atoms with van der Waals surface area (Å²) in [5.41, 5.74) is 0.477. The van der Waals surface area contributed by atoms with Crippen molar-refractivity contribution in [3.05, 3.63) is 24.3 Å². The number of carbonyl (C=O) groups excluding carboxylic acids is 1. The van der Waals surface area contributed by atoms with Gasteiger partial charge in [-0.3, -0.25) is 9.59 Å². The number of amides is 1. The van der Waals surface area contributed by atoms with E-state index < -0.39 is 27.8 Å². The second-order valence-electron chi connectivity index (χ2n) is 6.96. The summed E-state index contributed by atoms with van der Waals surface area (Å²) in [6.07, 6.45) is 4.49. The van der Waals surface area contributed by atoms with E-state index in [2.05, 4.69) is 5.32 Å². The lowest BCUT2D eigenvalue weighted by atomic mass is 9.78. The Balaban J connectivity index is 1.69. The highest BCUT2D eigenvalue weighted by Gasteiger charge is 2.35. The molecule has 2 fully saturated rings. The van der Waals surface area contributed by atoms with Gasteiger partial charge in [-0.15, -0.1) is 0 Å². The maximum atomic E-state index is 12.5. The average Bonchev–Trinajstić information content (AvgIpc) is 3.17. The summed E-state index contributed by atoms with van der Waals surface area (Å²) in [6, 6.07) is 6.08. The molecule has 1 saturated heterocycles. The Bertz CT molecular complexity index is 769. The fourth-order valence-electron chi connectivity index (χ4n) is 3.76. The van der Waals surface area contributed by atoms with Crippen LogP contribution in [-0.4, -0.2) is 42.8 Å². The Morgan fingerprint density at radius 3 is 2.12 bits per heavy atom. The summed E-state index contributed by atoms with van der Waals surface area (Å²) in [7, 11) is -3.48. The Morgan fingerprint density at radius 2 is 1.54 bits per heavy atom. The Kier molecular flexibility index (Phi) is 5.62. The first-order valence-electron chi connectivity index (χ1n) is 9.03. The Morgan fingerprint density at radius 1 is 0.962 bits per heavy atom. The smallest absolute Gasteiger partial charge is 0.307 e. The van der Waals surface area contributed by atoms with Crippen molar-refractivity contribution in [2.75, 3.05) is 18.4 Å². The predicted octanol–water partition coefficient (Wildman–Crippen LogP) is 2.30. The quantitative estimate of drug-likeness (QED) is 0.816. The lowest BCUT2D eigenvalue weighted by Crippen LogP contribution is -2.36. The minimum Gasteiger partial charge on any atom is -0.481 e. The summed E-state index contributed by atoms with van der Waals surface area (Å²) in [5.74, 6) is -2.45. The largest absolute Gasteiger partial charge is 0.481 e. The van der Waals surface area contributed by atoms with E-state index in [1.165, 1.54) is 16.4 Å². The van der Waals surface area contributed by atoms with Gasteiger partial charge in [0.15, 0.2) is 0 Å². The molecule has 1 aromatic carbocycles. The number of hydrogen-bond acceptors (Lipinski definition) is 4. The molecule has 8 heteroatoms. The van der Waals surface area contributed by atoms with Crippen LogP contribution in [0.15, 0.2) is 29.2 Å². The highest BCUT2D eigenvalue weighted by Crippen LogP contribution is 2.31. The molecule has 2 N–H and O–H groups in total. The fourth-order valence-corrected chi connectivity index (χ4v) is 5.28. The highest BCUT2D eigenvalue weighted by atomic mass is 32.2. The van der Waals surface area contributed by atoms with Crippen LogP contribution in [0.5, 0.6) is 0 Å². The van der Waals surface area contributed by atoms with Crippen LogP contribution < -0.4 is 5.32 Å². The topological polar surface area (TPSA) is 104 Å². The molecule has 7 nitrogen and oxygen atoms in total. The number of hydrogen-bond donors (Lipinski definition) is 2. The predicted molar refractivity (Wildman–Crippen MR) is 96.1 cm³/mol. The van der Waals surface area contributed by atoms with Crippen LogP contribution in [0.1, 0.15) is 38.5 Å². The number of anilines is 1. The average molecular weight is 380 g/mol. The molecular formula is C18H24N2O5S. The zero-order chi connectivity index (χ0) is 18.7. The van der Waals surface area contributed by atoms with E-state index in [0.717, 1.165) is 25.7 Å². The maximum absolute atomic E-state index is 12.5. The SMILES string of the molecule is O=C(O)[C@@H]1CCCC[C@H]1C(=O)Nc1ccc(S(=O)(=O)N2CCCC2)cc1. The van der Waals surface area contributed by atoms with Gasteiger partial charge < -0.3 is 10.4 Å². The van der Waals surface area contributed by atoms with Crippen LogP contribution in [0.2, 0.25) is 0 Å². The molecule has 2 atom stereocenters. The zero-order valence-corrected chi connectivity index (χ0v) is 15.4. The van der Waals surface area contributed by atoms with Crippen molar-refractivity contribution in [1.82, 2.24) is 4.31 Å². The van der Waals surface area contributed by atoms with Crippen LogP contribution in [0, 0.1) is 11.8 Å². The summed E-state index contributed by atoms with van der Waals surface area (Å²) >= 11 is 0. The number of carbonyl (C=O) groups is 2. The van der Waals surface area contributed by atoms with Gasteiger partial charge in [-0.2, -0.15) is 4.31 Å². The van der Waals surface area contributed by atoms with E-state index in [4.69, 9.17) is 0 Å². The van der Waals surface area contributed by atoms with Crippen molar-refractivity contribution in [3.8, 4) is 0 Å². The van der Waals surface area contributed by atoms with Gasteiger partial charge in [0.05, 0.1) is 16.7 Å². The third-order valence-corrected chi connectivity index (χ3v) is 7.16. The molecule has 1 saturated carbocycles. The normalized spacial score (nSPS) is 24.3. The molecule has 0 unspecified atom stereocenters. The number of rotatable bonds is 5. The van der Waals surface area contributed by atoms with E-state index in [9.17, 15) is 23.1 Å². The fraction of sp³-hybridized carbons (Fsp3) is 0.556. The van der Waals surface area contributed by atoms with Gasteiger partial charge in [-0.05, 0) is 49.9 Å². The van der Waals surface area contributed by atoms with Crippen molar-refractivity contribution < 1.29 is 23.1 Å². The molecule has 1 aliphatic heterocycles. The van der Waals surface area contributed by atoms with Crippen molar-refractivity contribution >= 4 is 27.6 Å². The van der Waals surface area contributed by atoms with Crippen LogP contribution in [0.4, 0.5) is 5.69 Å². The van der Waals surface area contributed by atoms with Gasteiger partial charge in [-0.25, -0.2) is 8.42 Å². The molecule has 2 aliphatic rings. The van der Waals surface area contributed by atoms with E-state index in [1.807, 2.05) is 0 Å². The molecule has 1 aromatic rings. The van der Waals surface area contributed by atoms with E-state index in [-0.39, 0.29) is 10.8 Å². The van der Waals surface area contributed by atoms with Crippen LogP contribution in [0.3, 0.4) is 0 Å². The Labute approximate surface area is 153 Å². The molecular weight excluding hydrogens is 356 g/mol. The minimum atomic E-state index is -3.48. The lowest BCUT2D eigenvalue weighted by Gasteiger charge is -2.27. The molecule has 3 rings (SSSR count). The summed E-state index contributed by atoms with van der Waals surface area (Å²) in [6.45, 7) is 1.08. The molecule has 1 aliphatic carbocycles. The highest BCUT2D eigenvalue weighted by molar-refractivity contribution is 7.89. The molecule has 0 bridgehead atoms. The van der Waals surface area contributed by atoms with E-state index in [1.54, 1.807) is 12.1 Å². The molecule has 0 aromatic heterocycles. The van der Waals surface area contributed by atoms with Gasteiger partial charge in [0.1, 0.15) is 0 Å². The van der Waals surface area contributed by atoms with Crippen LogP contribution in [0.25, 0.3) is 0 Å². The van der Waals surface area contributed by atoms with Crippen molar-refractivity contribution in [1.29, 1.82) is 0 Å². The van der Waals surface area contributed by atoms with E-state index in [0.29, 0.717) is 31.6 Å². The second-order valence-corrected chi connectivity index (χ2v) is 8.90. The first-order chi connectivity index (χ1) is 12.4. The van der Waals surface area contributed by atoms with Gasteiger partial charge in [0.2, 0.25) is 15.9 Å². The molecule has 1 amide bonds. The van der Waals surface area contributed by atoms with Crippen LogP contribution >= 0.6 is 0 Å². The van der Waals surface area contributed by atoms with E-state index >= 15 is 0 Å². The number of benzene rings is 1. The molecule has 26 heavy (non-hydrogen) atoms. The molecule has 0 radical (unpaired) electrons. The first-order valence-corrected chi connectivity index (χ1v) is 10.5. The third kappa shape index (κ3) is 3.91. The molecule has 1 heterocycles. The number of sulfonamides is 1. The maximum Gasteiger partial charge on any atom is 0.307 e. The van der Waals surface area contributed by atoms with Gasteiger partial charge in [0.25, 0.3) is 0 Å². The Hall–Kier alpha value is -1.93. The monoisotopic (exact) mass is 380 g/mol. The molecule has 142 valence electrons. The summed E-state index contributed by atoms with van der Waals surface area (Å²) in [5, 5.41) is 12.0. The van der Waals surface area contributed by atoms with Gasteiger partial charge >= 0.3 is 5.97 Å². The minimum absolute atomic E-state index is 0.207. The van der Waals surface area contributed by atoms with Crippen molar-refractivity contribution in [3.63, 3.8) is 0 Å².